The van der Waals surface area contributed by atoms with Gasteiger partial charge < -0.3 is 9.84 Å². The standard InChI is InChI=1S/C10H20O2/c1-8-4-9(2)6-10(11,5-8)7-12-3/h8-9,11H,4-7H2,1-3H3. The van der Waals surface area contributed by atoms with E-state index in [9.17, 15) is 5.11 Å². The lowest BCUT2D eigenvalue weighted by molar-refractivity contribution is -0.0799. The predicted octanol–water partition coefficient (Wildman–Crippen LogP) is 1.82. The van der Waals surface area contributed by atoms with Crippen molar-refractivity contribution in [1.82, 2.24) is 0 Å². The number of ether oxygens (including phenoxy) is 1. The quantitative estimate of drug-likeness (QED) is 0.688. The van der Waals surface area contributed by atoms with Gasteiger partial charge in [-0.25, -0.2) is 0 Å². The van der Waals surface area contributed by atoms with Gasteiger partial charge in [-0.2, -0.15) is 0 Å². The summed E-state index contributed by atoms with van der Waals surface area (Å²) in [5.41, 5.74) is -0.550. The number of hydrogen-bond donors (Lipinski definition) is 1. The SMILES string of the molecule is COCC1(O)CC(C)CC(C)C1. The van der Waals surface area contributed by atoms with Crippen LogP contribution in [0.5, 0.6) is 0 Å². The molecule has 0 heterocycles. The third-order valence-electron chi connectivity index (χ3n) is 2.67. The maximum atomic E-state index is 10.1. The molecule has 0 aromatic carbocycles. The summed E-state index contributed by atoms with van der Waals surface area (Å²) in [5.74, 6) is 1.27. The van der Waals surface area contributed by atoms with Crippen molar-refractivity contribution < 1.29 is 9.84 Å². The van der Waals surface area contributed by atoms with E-state index in [-0.39, 0.29) is 0 Å². The van der Waals surface area contributed by atoms with E-state index in [2.05, 4.69) is 13.8 Å². The Kier molecular flexibility index (Phi) is 3.13. The Hall–Kier alpha value is -0.0800. The average Bonchev–Trinajstić information content (AvgIpc) is 1.82. The second-order valence-electron chi connectivity index (χ2n) is 4.51. The summed E-state index contributed by atoms with van der Waals surface area (Å²) in [7, 11) is 1.65. The van der Waals surface area contributed by atoms with E-state index in [1.165, 1.54) is 6.42 Å². The minimum Gasteiger partial charge on any atom is -0.387 e. The molecule has 1 fully saturated rings. The van der Waals surface area contributed by atoms with Crippen LogP contribution >= 0.6 is 0 Å². The van der Waals surface area contributed by atoms with Gasteiger partial charge in [-0.15, -0.1) is 0 Å². The molecule has 72 valence electrons. The fraction of sp³-hybridized carbons (Fsp3) is 1.00. The van der Waals surface area contributed by atoms with Crippen molar-refractivity contribution in [2.45, 2.75) is 38.7 Å². The predicted molar refractivity (Wildman–Crippen MR) is 49.0 cm³/mol. The zero-order valence-electron chi connectivity index (χ0n) is 8.34. The monoisotopic (exact) mass is 172 g/mol. The van der Waals surface area contributed by atoms with Crippen LogP contribution in [0.25, 0.3) is 0 Å². The molecule has 0 aromatic heterocycles. The highest BCUT2D eigenvalue weighted by Crippen LogP contribution is 2.35. The lowest BCUT2D eigenvalue weighted by Gasteiger charge is -2.38. The summed E-state index contributed by atoms with van der Waals surface area (Å²) in [5, 5.41) is 10.1. The van der Waals surface area contributed by atoms with Crippen LogP contribution in [0, 0.1) is 11.8 Å². The molecule has 0 saturated heterocycles. The third-order valence-corrected chi connectivity index (χ3v) is 2.67. The molecule has 2 nitrogen and oxygen atoms in total. The maximum Gasteiger partial charge on any atom is 0.0885 e. The normalized spacial score (nSPS) is 43.0. The fourth-order valence-corrected chi connectivity index (χ4v) is 2.62. The summed E-state index contributed by atoms with van der Waals surface area (Å²) >= 11 is 0. The van der Waals surface area contributed by atoms with Gasteiger partial charge in [-0.1, -0.05) is 13.8 Å². The average molecular weight is 172 g/mol. The van der Waals surface area contributed by atoms with Crippen LogP contribution in [-0.4, -0.2) is 24.4 Å². The molecule has 0 radical (unpaired) electrons. The highest BCUT2D eigenvalue weighted by molar-refractivity contribution is 4.87. The van der Waals surface area contributed by atoms with Crippen molar-refractivity contribution in [3.8, 4) is 0 Å². The van der Waals surface area contributed by atoms with Crippen molar-refractivity contribution in [1.29, 1.82) is 0 Å². The van der Waals surface area contributed by atoms with Crippen LogP contribution < -0.4 is 0 Å². The minimum atomic E-state index is -0.550. The largest absolute Gasteiger partial charge is 0.387 e. The Morgan fingerprint density at radius 1 is 1.33 bits per heavy atom. The van der Waals surface area contributed by atoms with Crippen LogP contribution in [0.4, 0.5) is 0 Å². The highest BCUT2D eigenvalue weighted by atomic mass is 16.5. The molecule has 1 aliphatic rings. The molecule has 2 heteroatoms. The molecule has 12 heavy (non-hydrogen) atoms. The molecule has 2 unspecified atom stereocenters. The molecular formula is C10H20O2. The van der Waals surface area contributed by atoms with Crippen molar-refractivity contribution in [3.05, 3.63) is 0 Å². The first-order valence-corrected chi connectivity index (χ1v) is 4.77. The zero-order valence-corrected chi connectivity index (χ0v) is 8.34. The van der Waals surface area contributed by atoms with Crippen molar-refractivity contribution in [2.24, 2.45) is 11.8 Å². The molecule has 0 aromatic rings. The summed E-state index contributed by atoms with van der Waals surface area (Å²) in [4.78, 5) is 0. The molecule has 0 aliphatic heterocycles. The molecule has 1 N–H and O–H groups in total. The van der Waals surface area contributed by atoms with E-state index in [1.54, 1.807) is 7.11 Å². The van der Waals surface area contributed by atoms with Gasteiger partial charge in [0.15, 0.2) is 0 Å². The molecular weight excluding hydrogens is 152 g/mol. The minimum absolute atomic E-state index is 0.488. The van der Waals surface area contributed by atoms with E-state index in [4.69, 9.17) is 4.74 Å². The van der Waals surface area contributed by atoms with Gasteiger partial charge in [0.2, 0.25) is 0 Å². The van der Waals surface area contributed by atoms with Crippen molar-refractivity contribution >= 4 is 0 Å². The first kappa shape index (κ1) is 10.0. The van der Waals surface area contributed by atoms with E-state index in [0.717, 1.165) is 12.8 Å². The van der Waals surface area contributed by atoms with Crippen LogP contribution in [0.3, 0.4) is 0 Å². The molecule has 1 rings (SSSR count). The maximum absolute atomic E-state index is 10.1. The summed E-state index contributed by atoms with van der Waals surface area (Å²) in [6.45, 7) is 4.90. The zero-order chi connectivity index (χ0) is 9.19. The molecule has 2 atom stereocenters. The van der Waals surface area contributed by atoms with Crippen molar-refractivity contribution in [2.75, 3.05) is 13.7 Å². The molecule has 1 aliphatic carbocycles. The number of aliphatic hydroxyl groups is 1. The number of rotatable bonds is 2. The number of methoxy groups -OCH3 is 1. The second kappa shape index (κ2) is 3.75. The van der Waals surface area contributed by atoms with Gasteiger partial charge in [0.25, 0.3) is 0 Å². The highest BCUT2D eigenvalue weighted by Gasteiger charge is 2.35. The van der Waals surface area contributed by atoms with E-state index in [1.807, 2.05) is 0 Å². The molecule has 1 saturated carbocycles. The Bertz CT molecular complexity index is 135. The van der Waals surface area contributed by atoms with E-state index < -0.39 is 5.60 Å². The molecule has 0 bridgehead atoms. The Morgan fingerprint density at radius 3 is 2.25 bits per heavy atom. The molecule has 0 amide bonds. The van der Waals surface area contributed by atoms with Gasteiger partial charge in [-0.3, -0.25) is 0 Å². The lowest BCUT2D eigenvalue weighted by atomic mass is 9.74. The van der Waals surface area contributed by atoms with E-state index >= 15 is 0 Å². The van der Waals surface area contributed by atoms with Crippen LogP contribution in [0.15, 0.2) is 0 Å². The fourth-order valence-electron chi connectivity index (χ4n) is 2.62. The van der Waals surface area contributed by atoms with Crippen molar-refractivity contribution in [3.63, 3.8) is 0 Å². The Labute approximate surface area is 74.9 Å². The third kappa shape index (κ3) is 2.46. The lowest BCUT2D eigenvalue weighted by Crippen LogP contribution is -2.41. The Morgan fingerprint density at radius 2 is 1.83 bits per heavy atom. The number of hydrogen-bond acceptors (Lipinski definition) is 2. The van der Waals surface area contributed by atoms with Gasteiger partial charge >= 0.3 is 0 Å². The second-order valence-corrected chi connectivity index (χ2v) is 4.51. The topological polar surface area (TPSA) is 29.5 Å². The Balaban J connectivity index is 2.52. The summed E-state index contributed by atoms with van der Waals surface area (Å²) < 4.78 is 5.03. The first-order chi connectivity index (χ1) is 5.56. The van der Waals surface area contributed by atoms with Gasteiger partial charge in [-0.05, 0) is 31.1 Å². The van der Waals surface area contributed by atoms with Crippen LogP contribution in [0.1, 0.15) is 33.1 Å². The first-order valence-electron chi connectivity index (χ1n) is 4.77. The van der Waals surface area contributed by atoms with Gasteiger partial charge in [0.05, 0.1) is 12.2 Å². The summed E-state index contributed by atoms with van der Waals surface area (Å²) in [6.07, 6.45) is 3.03. The smallest absolute Gasteiger partial charge is 0.0885 e. The van der Waals surface area contributed by atoms with E-state index in [0.29, 0.717) is 18.4 Å². The van der Waals surface area contributed by atoms with Crippen LogP contribution in [0.2, 0.25) is 0 Å². The molecule has 0 spiro atoms. The summed E-state index contributed by atoms with van der Waals surface area (Å²) in [6, 6.07) is 0. The van der Waals surface area contributed by atoms with Crippen LogP contribution in [-0.2, 0) is 4.74 Å². The van der Waals surface area contributed by atoms with Gasteiger partial charge in [0, 0.05) is 7.11 Å². The van der Waals surface area contributed by atoms with Gasteiger partial charge in [0.1, 0.15) is 0 Å².